The predicted molar refractivity (Wildman–Crippen MR) is 75.4 cm³/mol. The van der Waals surface area contributed by atoms with Crippen molar-refractivity contribution in [2.75, 3.05) is 39.6 Å². The van der Waals surface area contributed by atoms with Crippen molar-refractivity contribution >= 4 is 15.9 Å². The van der Waals surface area contributed by atoms with Gasteiger partial charge in [0.05, 0.1) is 12.8 Å². The molecule has 0 aromatic heterocycles. The topological polar surface area (TPSA) is 75.7 Å². The van der Waals surface area contributed by atoms with E-state index >= 15 is 0 Å². The third kappa shape index (κ3) is 9.86. The third-order valence-corrected chi connectivity index (χ3v) is 3.84. The fourth-order valence-electron chi connectivity index (χ4n) is 1.46. The van der Waals surface area contributed by atoms with Crippen molar-refractivity contribution in [3.8, 4) is 0 Å². The number of rotatable bonds is 10. The van der Waals surface area contributed by atoms with E-state index in [-0.39, 0.29) is 12.5 Å². The minimum absolute atomic E-state index is 0.124. The molecule has 0 bridgehead atoms. The van der Waals surface area contributed by atoms with Crippen LogP contribution in [0, 0.1) is 5.92 Å². The van der Waals surface area contributed by atoms with E-state index in [2.05, 4.69) is 19.2 Å². The van der Waals surface area contributed by atoms with E-state index in [1.807, 2.05) is 0 Å². The highest BCUT2D eigenvalue weighted by atomic mass is 32.2. The van der Waals surface area contributed by atoms with Crippen molar-refractivity contribution in [1.82, 2.24) is 9.62 Å². The lowest BCUT2D eigenvalue weighted by atomic mass is 10.1. The Balaban J connectivity index is 4.20. The molecule has 0 rings (SSSR count). The standard InChI is InChI=1S/C12H26N2O4S/c1-11(2)6-7-13-12(15)10-14(19(4,16)17)8-5-9-18-3/h11H,5-10H2,1-4H3,(H,13,15). The van der Waals surface area contributed by atoms with Gasteiger partial charge in [0, 0.05) is 26.8 Å². The smallest absolute Gasteiger partial charge is 0.235 e. The zero-order valence-electron chi connectivity index (χ0n) is 12.3. The second kappa shape index (κ2) is 9.28. The van der Waals surface area contributed by atoms with Crippen LogP contribution in [-0.2, 0) is 19.6 Å². The van der Waals surface area contributed by atoms with Gasteiger partial charge >= 0.3 is 0 Å². The summed E-state index contributed by atoms with van der Waals surface area (Å²) >= 11 is 0. The van der Waals surface area contributed by atoms with Gasteiger partial charge in [0.2, 0.25) is 15.9 Å². The van der Waals surface area contributed by atoms with Gasteiger partial charge < -0.3 is 10.1 Å². The number of carbonyl (C=O) groups excluding carboxylic acids is 1. The molecule has 0 atom stereocenters. The van der Waals surface area contributed by atoms with Crippen LogP contribution < -0.4 is 5.32 Å². The zero-order chi connectivity index (χ0) is 14.9. The van der Waals surface area contributed by atoms with Gasteiger partial charge in [0.1, 0.15) is 0 Å². The third-order valence-electron chi connectivity index (χ3n) is 2.59. The van der Waals surface area contributed by atoms with E-state index in [9.17, 15) is 13.2 Å². The van der Waals surface area contributed by atoms with Crippen molar-refractivity contribution in [3.63, 3.8) is 0 Å². The van der Waals surface area contributed by atoms with E-state index in [0.717, 1.165) is 12.7 Å². The molecule has 0 saturated carbocycles. The van der Waals surface area contributed by atoms with Crippen molar-refractivity contribution in [2.45, 2.75) is 26.7 Å². The van der Waals surface area contributed by atoms with E-state index in [1.165, 1.54) is 4.31 Å². The Morgan fingerprint density at radius 1 is 1.37 bits per heavy atom. The first kappa shape index (κ1) is 18.3. The Morgan fingerprint density at radius 2 is 2.00 bits per heavy atom. The first-order valence-corrected chi connectivity index (χ1v) is 8.33. The van der Waals surface area contributed by atoms with Gasteiger partial charge in [0.25, 0.3) is 0 Å². The molecule has 0 aromatic rings. The Hall–Kier alpha value is -0.660. The molecule has 0 aliphatic heterocycles. The lowest BCUT2D eigenvalue weighted by Gasteiger charge is -2.19. The second-order valence-electron chi connectivity index (χ2n) is 4.98. The highest BCUT2D eigenvalue weighted by Gasteiger charge is 2.19. The number of hydrogen-bond acceptors (Lipinski definition) is 4. The van der Waals surface area contributed by atoms with Gasteiger partial charge in [-0.3, -0.25) is 4.79 Å². The number of hydrogen-bond donors (Lipinski definition) is 1. The number of methoxy groups -OCH3 is 1. The molecule has 19 heavy (non-hydrogen) atoms. The van der Waals surface area contributed by atoms with E-state index in [0.29, 0.717) is 32.0 Å². The van der Waals surface area contributed by atoms with Crippen molar-refractivity contribution in [2.24, 2.45) is 5.92 Å². The first-order chi connectivity index (χ1) is 8.77. The monoisotopic (exact) mass is 294 g/mol. The average Bonchev–Trinajstić information content (AvgIpc) is 2.26. The largest absolute Gasteiger partial charge is 0.385 e. The van der Waals surface area contributed by atoms with Gasteiger partial charge in [-0.1, -0.05) is 13.8 Å². The van der Waals surface area contributed by atoms with Crippen LogP contribution in [0.25, 0.3) is 0 Å². The minimum Gasteiger partial charge on any atom is -0.385 e. The average molecular weight is 294 g/mol. The molecular weight excluding hydrogens is 268 g/mol. The molecule has 0 aliphatic carbocycles. The summed E-state index contributed by atoms with van der Waals surface area (Å²) in [5, 5.41) is 2.73. The van der Waals surface area contributed by atoms with Gasteiger partial charge in [-0.05, 0) is 18.8 Å². The summed E-state index contributed by atoms with van der Waals surface area (Å²) in [6, 6.07) is 0. The van der Waals surface area contributed by atoms with Crippen LogP contribution in [0.5, 0.6) is 0 Å². The van der Waals surface area contributed by atoms with Crippen LogP contribution in [-0.4, -0.2) is 58.2 Å². The molecule has 1 N–H and O–H groups in total. The number of nitrogens with one attached hydrogen (secondary N) is 1. The maximum Gasteiger partial charge on any atom is 0.235 e. The second-order valence-corrected chi connectivity index (χ2v) is 6.96. The van der Waals surface area contributed by atoms with Crippen molar-refractivity contribution in [3.05, 3.63) is 0 Å². The molecule has 0 unspecified atom stereocenters. The van der Waals surface area contributed by atoms with Crippen molar-refractivity contribution < 1.29 is 17.9 Å². The fraction of sp³-hybridized carbons (Fsp3) is 0.917. The molecule has 114 valence electrons. The lowest BCUT2D eigenvalue weighted by Crippen LogP contribution is -2.41. The molecule has 0 spiro atoms. The maximum atomic E-state index is 11.7. The number of amides is 1. The first-order valence-electron chi connectivity index (χ1n) is 6.48. The SMILES string of the molecule is COCCCN(CC(=O)NCCC(C)C)S(C)(=O)=O. The molecular formula is C12H26N2O4S. The Morgan fingerprint density at radius 3 is 2.47 bits per heavy atom. The van der Waals surface area contributed by atoms with E-state index in [4.69, 9.17) is 4.74 Å². The van der Waals surface area contributed by atoms with Crippen LogP contribution in [0.4, 0.5) is 0 Å². The molecule has 0 fully saturated rings. The zero-order valence-corrected chi connectivity index (χ0v) is 13.1. The molecule has 0 radical (unpaired) electrons. The number of ether oxygens (including phenoxy) is 1. The Labute approximate surface area is 116 Å². The summed E-state index contributed by atoms with van der Waals surface area (Å²) in [5.41, 5.74) is 0. The summed E-state index contributed by atoms with van der Waals surface area (Å²) in [6.07, 6.45) is 2.57. The van der Waals surface area contributed by atoms with Crippen LogP contribution in [0.2, 0.25) is 0 Å². The fourth-order valence-corrected chi connectivity index (χ4v) is 2.28. The Kier molecular flexibility index (Phi) is 8.95. The van der Waals surface area contributed by atoms with Crippen LogP contribution in [0.1, 0.15) is 26.7 Å². The van der Waals surface area contributed by atoms with Gasteiger partial charge in [-0.15, -0.1) is 0 Å². The Bertz CT molecular complexity index is 355. The van der Waals surface area contributed by atoms with Gasteiger partial charge in [-0.2, -0.15) is 4.31 Å². The summed E-state index contributed by atoms with van der Waals surface area (Å²) in [5.74, 6) is 0.247. The molecule has 0 saturated heterocycles. The molecule has 6 nitrogen and oxygen atoms in total. The van der Waals surface area contributed by atoms with Gasteiger partial charge in [0.15, 0.2) is 0 Å². The van der Waals surface area contributed by atoms with E-state index in [1.54, 1.807) is 7.11 Å². The highest BCUT2D eigenvalue weighted by Crippen LogP contribution is 2.00. The summed E-state index contributed by atoms with van der Waals surface area (Å²) in [7, 11) is -1.81. The molecule has 0 heterocycles. The summed E-state index contributed by atoms with van der Waals surface area (Å²) in [6.45, 7) is 5.36. The maximum absolute atomic E-state index is 11.7. The number of carbonyl (C=O) groups is 1. The van der Waals surface area contributed by atoms with E-state index < -0.39 is 10.0 Å². The van der Waals surface area contributed by atoms with Crippen molar-refractivity contribution in [1.29, 1.82) is 0 Å². The molecule has 0 aliphatic rings. The highest BCUT2D eigenvalue weighted by molar-refractivity contribution is 7.88. The van der Waals surface area contributed by atoms with Crippen LogP contribution in [0.15, 0.2) is 0 Å². The lowest BCUT2D eigenvalue weighted by molar-refractivity contribution is -0.121. The van der Waals surface area contributed by atoms with Crippen LogP contribution >= 0.6 is 0 Å². The van der Waals surface area contributed by atoms with Crippen LogP contribution in [0.3, 0.4) is 0 Å². The quantitative estimate of drug-likeness (QED) is 0.593. The molecule has 0 aromatic carbocycles. The molecule has 1 amide bonds. The number of nitrogens with zero attached hydrogens (tertiary/aromatic N) is 1. The van der Waals surface area contributed by atoms with Gasteiger partial charge in [-0.25, -0.2) is 8.42 Å². The minimum atomic E-state index is -3.36. The normalized spacial score (nSPS) is 12.1. The number of sulfonamides is 1. The molecule has 7 heteroatoms. The predicted octanol–water partition coefficient (Wildman–Crippen LogP) is 0.447. The summed E-state index contributed by atoms with van der Waals surface area (Å²) < 4.78 is 29.2. The summed E-state index contributed by atoms with van der Waals surface area (Å²) in [4.78, 5) is 11.7.